The molecule has 0 fully saturated rings. The highest BCUT2D eigenvalue weighted by Gasteiger charge is 2.30. The van der Waals surface area contributed by atoms with Crippen molar-refractivity contribution >= 4 is 11.7 Å². The van der Waals surface area contributed by atoms with Crippen LogP contribution in [0.3, 0.4) is 0 Å². The van der Waals surface area contributed by atoms with Crippen LogP contribution in [-0.2, 0) is 4.74 Å². The highest BCUT2D eigenvalue weighted by Crippen LogP contribution is 2.31. The molecular weight excluding hydrogens is 257 g/mol. The van der Waals surface area contributed by atoms with Gasteiger partial charge in [-0.2, -0.15) is 4.39 Å². The molecule has 0 bridgehead atoms. The van der Waals surface area contributed by atoms with Crippen LogP contribution >= 0.6 is 0 Å². The smallest absolute Gasteiger partial charge is 0.357 e. The minimum Gasteiger partial charge on any atom is -0.461 e. The number of aromatic nitrogens is 1. The Balaban J connectivity index is 3.36. The van der Waals surface area contributed by atoms with Gasteiger partial charge in [0.1, 0.15) is 5.56 Å². The molecule has 0 N–H and O–H groups in total. The molecule has 1 aromatic rings. The number of nitrogens with zero attached hydrogens (tertiary/aromatic N) is 2. The van der Waals surface area contributed by atoms with Crippen molar-refractivity contribution in [2.45, 2.75) is 13.3 Å². The van der Waals surface area contributed by atoms with E-state index in [1.165, 1.54) is 6.92 Å². The molecule has 1 aromatic heterocycles. The largest absolute Gasteiger partial charge is 0.461 e. The van der Waals surface area contributed by atoms with E-state index in [9.17, 15) is 28.1 Å². The van der Waals surface area contributed by atoms with Gasteiger partial charge in [0, 0.05) is 0 Å². The Morgan fingerprint density at radius 3 is 2.67 bits per heavy atom. The Kier molecular flexibility index (Phi) is 4.18. The SMILES string of the molecule is CCOC(=O)c1cc(C(F)F)c([N+](=O)[O-])c(F)n1. The zero-order valence-corrected chi connectivity index (χ0v) is 9.02. The van der Waals surface area contributed by atoms with Gasteiger partial charge in [0.05, 0.1) is 11.5 Å². The molecule has 1 heterocycles. The summed E-state index contributed by atoms with van der Waals surface area (Å²) in [5.41, 5.74) is -3.40. The van der Waals surface area contributed by atoms with Gasteiger partial charge in [0.15, 0.2) is 5.69 Å². The number of hydrogen-bond acceptors (Lipinski definition) is 5. The summed E-state index contributed by atoms with van der Waals surface area (Å²) in [5.74, 6) is -2.88. The van der Waals surface area contributed by atoms with E-state index < -0.39 is 40.2 Å². The van der Waals surface area contributed by atoms with Crippen LogP contribution in [-0.4, -0.2) is 22.5 Å². The van der Waals surface area contributed by atoms with E-state index in [1.54, 1.807) is 0 Å². The Morgan fingerprint density at radius 1 is 1.61 bits per heavy atom. The van der Waals surface area contributed by atoms with Crippen molar-refractivity contribution in [3.05, 3.63) is 33.4 Å². The first-order chi connectivity index (χ1) is 8.38. The summed E-state index contributed by atoms with van der Waals surface area (Å²) < 4.78 is 42.8. The Hall–Kier alpha value is -2.19. The number of ether oxygens (including phenoxy) is 1. The fraction of sp³-hybridized carbons (Fsp3) is 0.333. The molecule has 0 aliphatic heterocycles. The topological polar surface area (TPSA) is 82.3 Å². The van der Waals surface area contributed by atoms with E-state index >= 15 is 0 Å². The maximum atomic E-state index is 13.2. The zero-order valence-electron chi connectivity index (χ0n) is 9.02. The van der Waals surface area contributed by atoms with Crippen LogP contribution in [0, 0.1) is 16.1 Å². The monoisotopic (exact) mass is 264 g/mol. The van der Waals surface area contributed by atoms with Gasteiger partial charge in [0.2, 0.25) is 0 Å². The maximum absolute atomic E-state index is 13.2. The zero-order chi connectivity index (χ0) is 13.9. The fourth-order valence-corrected chi connectivity index (χ4v) is 1.18. The lowest BCUT2D eigenvalue weighted by Crippen LogP contribution is -2.11. The Bertz CT molecular complexity index is 493. The third kappa shape index (κ3) is 2.73. The maximum Gasteiger partial charge on any atom is 0.357 e. The van der Waals surface area contributed by atoms with Gasteiger partial charge in [-0.1, -0.05) is 0 Å². The van der Waals surface area contributed by atoms with E-state index in [0.29, 0.717) is 6.07 Å². The molecule has 18 heavy (non-hydrogen) atoms. The molecule has 98 valence electrons. The highest BCUT2D eigenvalue weighted by atomic mass is 19.3. The van der Waals surface area contributed by atoms with Crippen molar-refractivity contribution in [2.75, 3.05) is 6.61 Å². The van der Waals surface area contributed by atoms with Crippen LogP contribution in [0.5, 0.6) is 0 Å². The van der Waals surface area contributed by atoms with Crippen molar-refractivity contribution < 1.29 is 27.6 Å². The molecule has 9 heteroatoms. The number of carbonyl (C=O) groups is 1. The lowest BCUT2D eigenvalue weighted by atomic mass is 10.2. The lowest BCUT2D eigenvalue weighted by Gasteiger charge is -2.05. The van der Waals surface area contributed by atoms with E-state index in [2.05, 4.69) is 9.72 Å². The molecule has 1 rings (SSSR count). The van der Waals surface area contributed by atoms with Gasteiger partial charge in [-0.05, 0) is 13.0 Å². The Morgan fingerprint density at radius 2 is 2.22 bits per heavy atom. The number of hydrogen-bond donors (Lipinski definition) is 0. The number of alkyl halides is 2. The highest BCUT2D eigenvalue weighted by molar-refractivity contribution is 5.87. The minimum absolute atomic E-state index is 0.0663. The predicted octanol–water partition coefficient (Wildman–Crippen LogP) is 2.24. The second kappa shape index (κ2) is 5.43. The van der Waals surface area contributed by atoms with Crippen molar-refractivity contribution in [3.63, 3.8) is 0 Å². The summed E-state index contributed by atoms with van der Waals surface area (Å²) in [6.45, 7) is 1.39. The second-order valence-corrected chi connectivity index (χ2v) is 3.01. The van der Waals surface area contributed by atoms with Crippen LogP contribution in [0.15, 0.2) is 6.07 Å². The summed E-state index contributed by atoms with van der Waals surface area (Å²) in [5, 5.41) is 10.4. The summed E-state index contributed by atoms with van der Waals surface area (Å²) in [6, 6.07) is 0.448. The van der Waals surface area contributed by atoms with Gasteiger partial charge in [0.25, 0.3) is 12.4 Å². The van der Waals surface area contributed by atoms with Gasteiger partial charge in [-0.15, -0.1) is 0 Å². The van der Waals surface area contributed by atoms with Gasteiger partial charge >= 0.3 is 11.7 Å². The van der Waals surface area contributed by atoms with E-state index in [1.807, 2.05) is 0 Å². The van der Waals surface area contributed by atoms with Gasteiger partial charge < -0.3 is 4.74 Å². The van der Waals surface area contributed by atoms with Crippen LogP contribution in [0.2, 0.25) is 0 Å². The number of nitro groups is 1. The fourth-order valence-electron chi connectivity index (χ4n) is 1.18. The molecule has 0 saturated carbocycles. The minimum atomic E-state index is -3.31. The van der Waals surface area contributed by atoms with Crippen molar-refractivity contribution in [3.8, 4) is 0 Å². The quantitative estimate of drug-likeness (QED) is 0.360. The molecular formula is C9H7F3N2O4. The normalized spacial score (nSPS) is 10.5. The standard InChI is InChI=1S/C9H7F3N2O4/c1-2-18-9(15)5-3-4(7(10)11)6(14(16)17)8(12)13-5/h3,7H,2H2,1H3. The molecule has 0 aliphatic carbocycles. The predicted molar refractivity (Wildman–Crippen MR) is 51.8 cm³/mol. The van der Waals surface area contributed by atoms with Crippen molar-refractivity contribution in [1.82, 2.24) is 4.98 Å². The van der Waals surface area contributed by atoms with Crippen LogP contribution in [0.25, 0.3) is 0 Å². The molecule has 0 radical (unpaired) electrons. The number of halogens is 3. The molecule has 0 amide bonds. The first kappa shape index (κ1) is 13.9. The van der Waals surface area contributed by atoms with Crippen molar-refractivity contribution in [1.29, 1.82) is 0 Å². The third-order valence-electron chi connectivity index (χ3n) is 1.88. The van der Waals surface area contributed by atoms with E-state index in [-0.39, 0.29) is 6.61 Å². The number of esters is 1. The second-order valence-electron chi connectivity index (χ2n) is 3.01. The first-order valence-corrected chi connectivity index (χ1v) is 4.68. The third-order valence-corrected chi connectivity index (χ3v) is 1.88. The molecule has 0 aliphatic rings. The van der Waals surface area contributed by atoms with E-state index in [4.69, 9.17) is 0 Å². The van der Waals surface area contributed by atoms with Gasteiger partial charge in [-0.3, -0.25) is 10.1 Å². The van der Waals surface area contributed by atoms with Crippen LogP contribution in [0.4, 0.5) is 18.9 Å². The molecule has 6 nitrogen and oxygen atoms in total. The number of rotatable bonds is 4. The van der Waals surface area contributed by atoms with Crippen LogP contribution < -0.4 is 0 Å². The Labute approximate surface area is 98.5 Å². The van der Waals surface area contributed by atoms with Crippen LogP contribution in [0.1, 0.15) is 29.4 Å². The van der Waals surface area contributed by atoms with E-state index in [0.717, 1.165) is 0 Å². The summed E-state index contributed by atoms with van der Waals surface area (Å²) in [6.07, 6.45) is -3.31. The average molecular weight is 264 g/mol. The first-order valence-electron chi connectivity index (χ1n) is 4.68. The lowest BCUT2D eigenvalue weighted by molar-refractivity contribution is -0.389. The molecule has 0 unspecified atom stereocenters. The summed E-state index contributed by atoms with van der Waals surface area (Å²) >= 11 is 0. The van der Waals surface area contributed by atoms with Crippen molar-refractivity contribution in [2.24, 2.45) is 0 Å². The summed E-state index contributed by atoms with van der Waals surface area (Å²) in [7, 11) is 0. The molecule has 0 atom stereocenters. The van der Waals surface area contributed by atoms with Gasteiger partial charge in [-0.25, -0.2) is 18.6 Å². The number of carbonyl (C=O) groups excluding carboxylic acids is 1. The molecule has 0 spiro atoms. The number of pyridine rings is 1. The molecule has 0 aromatic carbocycles. The molecule has 0 saturated heterocycles. The summed E-state index contributed by atoms with van der Waals surface area (Å²) in [4.78, 5) is 23.2. The average Bonchev–Trinajstić information content (AvgIpc) is 2.27.